The maximum Gasteiger partial charge on any atom is 0.573 e. The number of fused-ring (bicyclic) bond motifs is 1. The molecule has 2 N–H and O–H groups in total. The van der Waals surface area contributed by atoms with E-state index in [-0.39, 0.29) is 11.4 Å². The van der Waals surface area contributed by atoms with Gasteiger partial charge in [-0.15, -0.1) is 13.2 Å². The summed E-state index contributed by atoms with van der Waals surface area (Å²) in [6, 6.07) is 7.34. The zero-order valence-corrected chi connectivity index (χ0v) is 18.9. The molecule has 1 aliphatic rings. The fraction of sp³-hybridized carbons (Fsp3) is 0.375. The largest absolute Gasteiger partial charge is 0.573 e. The molecule has 0 saturated carbocycles. The van der Waals surface area contributed by atoms with Crippen LogP contribution in [0.1, 0.15) is 44.5 Å². The first kappa shape index (κ1) is 27.1. The molecular formula is C24H27F6N3O. The molecule has 1 aromatic heterocycles. The number of halogens is 6. The van der Waals surface area contributed by atoms with Gasteiger partial charge in [0.25, 0.3) is 0 Å². The molecule has 1 aliphatic heterocycles. The van der Waals surface area contributed by atoms with Crippen LogP contribution in [0, 0.1) is 0 Å². The van der Waals surface area contributed by atoms with Gasteiger partial charge in [-0.2, -0.15) is 18.3 Å². The molecule has 1 aromatic carbocycles. The zero-order valence-electron chi connectivity index (χ0n) is 18.9. The van der Waals surface area contributed by atoms with E-state index in [1.54, 1.807) is 26.0 Å². The molecule has 10 heteroatoms. The Morgan fingerprint density at radius 1 is 1.15 bits per heavy atom. The molecule has 0 radical (unpaired) electrons. The Balaban J connectivity index is 0.000000287. The highest BCUT2D eigenvalue weighted by molar-refractivity contribution is 5.74. The van der Waals surface area contributed by atoms with Crippen LogP contribution >= 0.6 is 0 Å². The van der Waals surface area contributed by atoms with Gasteiger partial charge < -0.3 is 10.5 Å². The summed E-state index contributed by atoms with van der Waals surface area (Å²) in [6.45, 7) is 4.33. The number of aryl methyl sites for hydroxylation is 2. The number of aromatic nitrogens is 2. The Hall–Kier alpha value is -3.17. The van der Waals surface area contributed by atoms with Crippen molar-refractivity contribution in [1.29, 1.82) is 0 Å². The number of nitrogens with zero attached hydrogens (tertiary/aromatic N) is 2. The van der Waals surface area contributed by atoms with Gasteiger partial charge in [-0.25, -0.2) is 0 Å². The Morgan fingerprint density at radius 2 is 1.85 bits per heavy atom. The number of hydrogen-bond donors (Lipinski definition) is 1. The third-order valence-corrected chi connectivity index (χ3v) is 4.77. The Labute approximate surface area is 194 Å². The van der Waals surface area contributed by atoms with Gasteiger partial charge in [0, 0.05) is 17.8 Å². The second-order valence-corrected chi connectivity index (χ2v) is 7.45. The van der Waals surface area contributed by atoms with Crippen molar-refractivity contribution in [3.63, 3.8) is 0 Å². The number of para-hydroxylation sites is 2. The van der Waals surface area contributed by atoms with Crippen molar-refractivity contribution < 1.29 is 31.1 Å². The average Bonchev–Trinajstić information content (AvgIpc) is 3.17. The molecule has 0 aliphatic carbocycles. The molecular weight excluding hydrogens is 460 g/mol. The van der Waals surface area contributed by atoms with E-state index in [0.717, 1.165) is 37.6 Å². The molecule has 34 heavy (non-hydrogen) atoms. The Kier molecular flexibility index (Phi) is 9.40. The predicted octanol–water partition coefficient (Wildman–Crippen LogP) is 7.25. The quantitative estimate of drug-likeness (QED) is 0.275. The SMILES string of the molecule is C\C=C/C(=C\C(=C\CC)C(F)(F)F)c1cc2n(n1)CCCC2.Nc1ccccc1OC(F)(F)F. The third kappa shape index (κ3) is 8.31. The van der Waals surface area contributed by atoms with Crippen LogP contribution in [0.25, 0.3) is 5.57 Å². The molecule has 0 atom stereocenters. The highest BCUT2D eigenvalue weighted by atomic mass is 19.4. The van der Waals surface area contributed by atoms with Gasteiger partial charge in [-0.1, -0.05) is 37.3 Å². The van der Waals surface area contributed by atoms with E-state index >= 15 is 0 Å². The third-order valence-electron chi connectivity index (χ3n) is 4.77. The normalized spacial score (nSPS) is 15.1. The van der Waals surface area contributed by atoms with E-state index < -0.39 is 18.1 Å². The maximum atomic E-state index is 13.1. The lowest BCUT2D eigenvalue weighted by Crippen LogP contribution is -2.17. The second-order valence-electron chi connectivity index (χ2n) is 7.45. The summed E-state index contributed by atoms with van der Waals surface area (Å²) in [6.07, 6.45) is 0.252. The fourth-order valence-electron chi connectivity index (χ4n) is 3.29. The van der Waals surface area contributed by atoms with E-state index in [2.05, 4.69) is 9.84 Å². The van der Waals surface area contributed by atoms with Gasteiger partial charge in [0.2, 0.25) is 0 Å². The molecule has 2 heterocycles. The number of allylic oxidation sites excluding steroid dienone is 6. The number of rotatable bonds is 5. The summed E-state index contributed by atoms with van der Waals surface area (Å²) in [4.78, 5) is 0. The van der Waals surface area contributed by atoms with Crippen LogP contribution in [-0.4, -0.2) is 22.3 Å². The highest BCUT2D eigenvalue weighted by Gasteiger charge is 2.32. The zero-order chi connectivity index (χ0) is 25.4. The summed E-state index contributed by atoms with van der Waals surface area (Å²) in [5, 5.41) is 4.47. The lowest BCUT2D eigenvalue weighted by molar-refractivity contribution is -0.274. The molecule has 2 aromatic rings. The minimum Gasteiger partial charge on any atom is -0.404 e. The first-order chi connectivity index (χ1) is 15.9. The van der Waals surface area contributed by atoms with Gasteiger partial charge in [0.15, 0.2) is 5.75 Å². The number of ether oxygens (including phenoxy) is 1. The molecule has 0 bridgehead atoms. The molecule has 3 rings (SSSR count). The molecule has 0 fully saturated rings. The van der Waals surface area contributed by atoms with Gasteiger partial charge in [0.05, 0.1) is 17.0 Å². The first-order valence-electron chi connectivity index (χ1n) is 10.7. The van der Waals surface area contributed by atoms with Crippen molar-refractivity contribution in [3.8, 4) is 5.75 Å². The Morgan fingerprint density at radius 3 is 2.41 bits per heavy atom. The average molecular weight is 487 g/mol. The van der Waals surface area contributed by atoms with Crippen LogP contribution in [0.15, 0.2) is 60.2 Å². The molecule has 186 valence electrons. The number of anilines is 1. The summed E-state index contributed by atoms with van der Waals surface area (Å²) in [7, 11) is 0. The number of benzene rings is 1. The van der Waals surface area contributed by atoms with Crippen LogP contribution in [0.4, 0.5) is 32.0 Å². The lowest BCUT2D eigenvalue weighted by atomic mass is 10.0. The van der Waals surface area contributed by atoms with Gasteiger partial charge in [0.1, 0.15) is 0 Å². The van der Waals surface area contributed by atoms with Crippen molar-refractivity contribution in [2.45, 2.75) is 58.6 Å². The lowest BCUT2D eigenvalue weighted by Gasteiger charge is -2.11. The van der Waals surface area contributed by atoms with E-state index in [9.17, 15) is 26.3 Å². The number of nitrogens with two attached hydrogens (primary N) is 1. The van der Waals surface area contributed by atoms with Crippen molar-refractivity contribution in [1.82, 2.24) is 9.78 Å². The monoisotopic (exact) mass is 487 g/mol. The summed E-state index contributed by atoms with van der Waals surface area (Å²) < 4.78 is 79.7. The van der Waals surface area contributed by atoms with Crippen LogP contribution in [-0.2, 0) is 13.0 Å². The molecule has 0 amide bonds. The summed E-state index contributed by atoms with van der Waals surface area (Å²) in [5.41, 5.74) is 6.77. The number of alkyl halides is 6. The molecule has 0 unspecified atom stereocenters. The topological polar surface area (TPSA) is 53.1 Å². The molecule has 4 nitrogen and oxygen atoms in total. The maximum absolute atomic E-state index is 13.1. The number of hydrogen-bond acceptors (Lipinski definition) is 3. The van der Waals surface area contributed by atoms with Crippen LogP contribution in [0.3, 0.4) is 0 Å². The predicted molar refractivity (Wildman–Crippen MR) is 120 cm³/mol. The number of nitrogen functional groups attached to an aromatic ring is 1. The fourth-order valence-corrected chi connectivity index (χ4v) is 3.29. The van der Waals surface area contributed by atoms with Gasteiger partial charge in [-0.3, -0.25) is 4.68 Å². The minimum absolute atomic E-state index is 0.0326. The van der Waals surface area contributed by atoms with Crippen LogP contribution < -0.4 is 10.5 Å². The van der Waals surface area contributed by atoms with E-state index in [1.165, 1.54) is 30.4 Å². The van der Waals surface area contributed by atoms with Crippen LogP contribution in [0.2, 0.25) is 0 Å². The minimum atomic E-state index is -4.69. The van der Waals surface area contributed by atoms with Gasteiger partial charge in [-0.05, 0) is 56.9 Å². The molecule has 0 spiro atoms. The molecule has 0 saturated heterocycles. The second kappa shape index (κ2) is 11.8. The first-order valence-corrected chi connectivity index (χ1v) is 10.7. The van der Waals surface area contributed by atoms with Crippen molar-refractivity contribution in [2.75, 3.05) is 5.73 Å². The summed E-state index contributed by atoms with van der Waals surface area (Å²) in [5.74, 6) is -0.370. The van der Waals surface area contributed by atoms with Crippen LogP contribution in [0.5, 0.6) is 5.75 Å². The van der Waals surface area contributed by atoms with E-state index in [4.69, 9.17) is 5.73 Å². The summed E-state index contributed by atoms with van der Waals surface area (Å²) >= 11 is 0. The van der Waals surface area contributed by atoms with Crippen molar-refractivity contribution in [3.05, 3.63) is 71.6 Å². The van der Waals surface area contributed by atoms with Gasteiger partial charge >= 0.3 is 12.5 Å². The Bertz CT molecular complexity index is 1010. The smallest absolute Gasteiger partial charge is 0.404 e. The van der Waals surface area contributed by atoms with Crippen molar-refractivity contribution >= 4 is 11.3 Å². The standard InChI is InChI=1S/C17H21F3N2.C7H6F3NO/c1-3-7-13(11-14(8-4-2)17(18,19)20)16-12-15-9-5-6-10-22(15)21-16;8-7(9,10)12-6-4-2-1-3-5(6)11/h3,7-8,11-12H,4-6,9-10H2,1-2H3;1-4H,11H2/b7-3-,13-11+,14-8-;. The van der Waals surface area contributed by atoms with Crippen molar-refractivity contribution in [2.24, 2.45) is 0 Å². The highest BCUT2D eigenvalue weighted by Crippen LogP contribution is 2.31. The van der Waals surface area contributed by atoms with E-state index in [0.29, 0.717) is 17.7 Å². The van der Waals surface area contributed by atoms with E-state index in [1.807, 2.05) is 10.7 Å².